The third-order valence-electron chi connectivity index (χ3n) is 12.0. The van der Waals surface area contributed by atoms with Crippen molar-refractivity contribution in [2.75, 3.05) is 26.4 Å². The van der Waals surface area contributed by atoms with E-state index in [1.165, 1.54) is 25.7 Å². The normalized spacial score (nSPS) is 14.3. The number of phosphoric acid groups is 1. The lowest BCUT2D eigenvalue weighted by Gasteiger charge is -2.21. The first-order valence-corrected chi connectivity index (χ1v) is 31.6. The Balaban J connectivity index is 4.85. The van der Waals surface area contributed by atoms with E-state index < -0.39 is 57.8 Å². The van der Waals surface area contributed by atoms with Gasteiger partial charge in [0, 0.05) is 19.3 Å². The van der Waals surface area contributed by atoms with Crippen LogP contribution in [0, 0.1) is 0 Å². The summed E-state index contributed by atoms with van der Waals surface area (Å²) in [4.78, 5) is 48.6. The lowest BCUT2D eigenvalue weighted by molar-refractivity contribution is -0.161. The number of aliphatic hydroxyl groups excluding tert-OH is 1. The molecule has 3 atom stereocenters. The third-order valence-corrected chi connectivity index (χ3v) is 13.0. The van der Waals surface area contributed by atoms with E-state index in [9.17, 15) is 28.9 Å². The maximum absolute atomic E-state index is 12.9. The first-order valence-electron chi connectivity index (χ1n) is 30.1. The van der Waals surface area contributed by atoms with Gasteiger partial charge in [-0.15, -0.1) is 0 Å². The zero-order chi connectivity index (χ0) is 56.9. The Morgan fingerprint density at radius 1 is 0.372 bits per heavy atom. The SMILES string of the molecule is CC/C=C\C/C=C\C/C=C\C/C=C\C/C=C\CCCCCC(=O)OC(COC(=O)CCCCCCCC/C=C\C/C=C\C/C=C\CCCCC)COP(=O)(O)OCC(CO)OC(=O)CCCCC/C=C\C/C=C\C/C=C\CC. The molecule has 0 fully saturated rings. The molecule has 0 radical (unpaired) electrons. The Morgan fingerprint density at radius 3 is 1.04 bits per heavy atom. The monoisotopic (exact) mass is 1110 g/mol. The van der Waals surface area contributed by atoms with Crippen LogP contribution in [0.3, 0.4) is 0 Å². The second-order valence-electron chi connectivity index (χ2n) is 19.4. The quantitative estimate of drug-likeness (QED) is 0.0197. The van der Waals surface area contributed by atoms with Gasteiger partial charge in [-0.05, 0) is 135 Å². The van der Waals surface area contributed by atoms with Crippen molar-refractivity contribution in [1.82, 2.24) is 0 Å². The van der Waals surface area contributed by atoms with Crippen molar-refractivity contribution in [3.8, 4) is 0 Å². The van der Waals surface area contributed by atoms with Gasteiger partial charge in [0.1, 0.15) is 12.7 Å². The predicted octanol–water partition coefficient (Wildman–Crippen LogP) is 18.1. The highest BCUT2D eigenvalue weighted by molar-refractivity contribution is 7.47. The predicted molar refractivity (Wildman–Crippen MR) is 325 cm³/mol. The van der Waals surface area contributed by atoms with Crippen molar-refractivity contribution in [1.29, 1.82) is 0 Å². The third kappa shape index (κ3) is 56.3. The second-order valence-corrected chi connectivity index (χ2v) is 20.8. The topological polar surface area (TPSA) is 155 Å². The van der Waals surface area contributed by atoms with Crippen LogP contribution in [-0.2, 0) is 42.2 Å². The van der Waals surface area contributed by atoms with Gasteiger partial charge in [-0.3, -0.25) is 23.4 Å². The first-order chi connectivity index (χ1) is 38.2. The minimum absolute atomic E-state index is 0.116. The molecular formula is C66H107O11P. The molecule has 11 nitrogen and oxygen atoms in total. The Bertz CT molecular complexity index is 1820. The van der Waals surface area contributed by atoms with Gasteiger partial charge in [0.15, 0.2) is 6.10 Å². The molecule has 0 bridgehead atoms. The van der Waals surface area contributed by atoms with Gasteiger partial charge < -0.3 is 24.2 Å². The summed E-state index contributed by atoms with van der Waals surface area (Å²) in [6, 6.07) is 0. The molecule has 0 aliphatic carbocycles. The van der Waals surface area contributed by atoms with Gasteiger partial charge in [-0.1, -0.05) is 206 Å². The molecule has 78 heavy (non-hydrogen) atoms. The Kier molecular flexibility index (Phi) is 55.5. The molecule has 0 aromatic rings. The number of carbonyl (C=O) groups is 3. The van der Waals surface area contributed by atoms with Gasteiger partial charge in [0.25, 0.3) is 0 Å². The van der Waals surface area contributed by atoms with Crippen LogP contribution in [0.5, 0.6) is 0 Å². The lowest BCUT2D eigenvalue weighted by atomic mass is 10.1. The molecule has 0 aliphatic rings. The molecular weight excluding hydrogens is 1000 g/mol. The highest BCUT2D eigenvalue weighted by Crippen LogP contribution is 2.43. The number of esters is 3. The van der Waals surface area contributed by atoms with Crippen LogP contribution in [0.15, 0.2) is 134 Å². The van der Waals surface area contributed by atoms with Gasteiger partial charge in [0.05, 0.1) is 19.8 Å². The maximum Gasteiger partial charge on any atom is 0.472 e. The number of phosphoric ester groups is 1. The van der Waals surface area contributed by atoms with E-state index in [1.54, 1.807) is 0 Å². The highest BCUT2D eigenvalue weighted by Gasteiger charge is 2.28. The van der Waals surface area contributed by atoms with Crippen LogP contribution in [0.2, 0.25) is 0 Å². The van der Waals surface area contributed by atoms with E-state index >= 15 is 0 Å². The van der Waals surface area contributed by atoms with Crippen LogP contribution in [0.4, 0.5) is 0 Å². The van der Waals surface area contributed by atoms with Crippen molar-refractivity contribution >= 4 is 25.7 Å². The van der Waals surface area contributed by atoms with Crippen LogP contribution in [-0.4, -0.2) is 66.5 Å². The summed E-state index contributed by atoms with van der Waals surface area (Å²) in [5, 5.41) is 9.81. The first kappa shape index (κ1) is 73.6. The molecule has 12 heteroatoms. The summed E-state index contributed by atoms with van der Waals surface area (Å²) in [7, 11) is -4.78. The molecule has 0 saturated carbocycles. The molecule has 2 N–H and O–H groups in total. The number of ether oxygens (including phenoxy) is 3. The molecule has 0 heterocycles. The fraction of sp³-hybridized carbons (Fsp3) is 0.621. The van der Waals surface area contributed by atoms with Crippen molar-refractivity contribution in [3.63, 3.8) is 0 Å². The number of allylic oxidation sites excluding steroid dienone is 22. The van der Waals surface area contributed by atoms with Crippen LogP contribution >= 0.6 is 7.82 Å². The van der Waals surface area contributed by atoms with E-state index in [4.69, 9.17) is 23.3 Å². The van der Waals surface area contributed by atoms with Crippen molar-refractivity contribution in [2.24, 2.45) is 0 Å². The van der Waals surface area contributed by atoms with E-state index in [-0.39, 0.29) is 25.9 Å². The van der Waals surface area contributed by atoms with Gasteiger partial charge in [0.2, 0.25) is 0 Å². The Labute approximate surface area is 474 Å². The molecule has 0 aliphatic heterocycles. The fourth-order valence-corrected chi connectivity index (χ4v) is 8.30. The van der Waals surface area contributed by atoms with Gasteiger partial charge >= 0.3 is 25.7 Å². The Hall–Kier alpha value is -4.38. The minimum Gasteiger partial charge on any atom is -0.462 e. The average molecular weight is 1110 g/mol. The maximum atomic E-state index is 12.9. The van der Waals surface area contributed by atoms with E-state index in [2.05, 4.69) is 154 Å². The van der Waals surface area contributed by atoms with E-state index in [0.29, 0.717) is 19.3 Å². The highest BCUT2D eigenvalue weighted by atomic mass is 31.2. The molecule has 442 valence electrons. The summed E-state index contributed by atoms with van der Waals surface area (Å²) in [5.41, 5.74) is 0. The van der Waals surface area contributed by atoms with Crippen molar-refractivity contribution < 1.29 is 52.2 Å². The second kappa shape index (κ2) is 58.8. The largest absolute Gasteiger partial charge is 0.472 e. The molecule has 0 aromatic heterocycles. The molecule has 3 unspecified atom stereocenters. The molecule has 0 spiro atoms. The van der Waals surface area contributed by atoms with Crippen LogP contribution in [0.1, 0.15) is 226 Å². The molecule has 0 aromatic carbocycles. The molecule has 0 rings (SSSR count). The molecule has 0 amide bonds. The smallest absolute Gasteiger partial charge is 0.462 e. The van der Waals surface area contributed by atoms with Crippen molar-refractivity contribution in [3.05, 3.63) is 134 Å². The number of carbonyl (C=O) groups excluding carboxylic acids is 3. The van der Waals surface area contributed by atoms with Crippen molar-refractivity contribution in [2.45, 2.75) is 238 Å². The number of rotatable bonds is 54. The number of aliphatic hydroxyl groups is 1. The van der Waals surface area contributed by atoms with Crippen LogP contribution in [0.25, 0.3) is 0 Å². The molecule has 0 saturated heterocycles. The van der Waals surface area contributed by atoms with Gasteiger partial charge in [-0.2, -0.15) is 0 Å². The van der Waals surface area contributed by atoms with Gasteiger partial charge in [-0.25, -0.2) is 4.57 Å². The number of unbranched alkanes of at least 4 members (excludes halogenated alkanes) is 15. The standard InChI is InChI=1S/C66H107O11P/c1-4-7-10-13-16-19-22-25-27-29-31-33-35-38-40-43-46-49-52-55-64(68)73-59-63(77-66(70)57-54-51-48-45-42-39-36-34-32-30-28-26-23-20-17-14-11-8-5-2)61-75-78(71,72)74-60-62(58-67)76-65(69)56-53-50-47-44-41-37-24-21-18-15-12-9-6-3/h8-9,11-12,16-21,25-28,31-34,37,39,41-42,62-63,67H,4-7,10,13-15,22-24,29-30,35-36,38,40,43-61H2,1-3H3,(H,71,72)/b11-8-,12-9-,19-16-,20-17-,21-18-,27-25-,28-26-,33-31-,34-32-,41-37-,42-39-. The fourth-order valence-electron chi connectivity index (χ4n) is 7.52. The van der Waals surface area contributed by atoms with E-state index in [0.717, 1.165) is 141 Å². The van der Waals surface area contributed by atoms with Crippen LogP contribution < -0.4 is 0 Å². The van der Waals surface area contributed by atoms with E-state index in [1.807, 2.05) is 0 Å². The summed E-state index contributed by atoms with van der Waals surface area (Å²) in [6.07, 6.45) is 74.1. The lowest BCUT2D eigenvalue weighted by Crippen LogP contribution is -2.30. The number of hydrogen-bond donors (Lipinski definition) is 2. The number of hydrogen-bond acceptors (Lipinski definition) is 10. The Morgan fingerprint density at radius 2 is 0.667 bits per heavy atom. The zero-order valence-corrected chi connectivity index (χ0v) is 49.7. The summed E-state index contributed by atoms with van der Waals surface area (Å²) < 4.78 is 39.5. The summed E-state index contributed by atoms with van der Waals surface area (Å²) in [5.74, 6) is -1.56. The summed E-state index contributed by atoms with van der Waals surface area (Å²) >= 11 is 0. The summed E-state index contributed by atoms with van der Waals surface area (Å²) in [6.45, 7) is 4.29. The minimum atomic E-state index is -4.78. The average Bonchev–Trinajstić information content (AvgIpc) is 3.43. The zero-order valence-electron chi connectivity index (χ0n) is 48.8.